The van der Waals surface area contributed by atoms with Crippen molar-refractivity contribution in [2.24, 2.45) is 11.3 Å². The first-order valence-electron chi connectivity index (χ1n) is 14.8. The second-order valence-corrected chi connectivity index (χ2v) is 13.0. The van der Waals surface area contributed by atoms with Crippen molar-refractivity contribution in [1.82, 2.24) is 4.57 Å². The van der Waals surface area contributed by atoms with Crippen molar-refractivity contribution in [3.8, 4) is 5.88 Å². The van der Waals surface area contributed by atoms with Crippen LogP contribution in [0, 0.1) is 17.2 Å². The highest BCUT2D eigenvalue weighted by atomic mass is 19.4. The molecule has 2 N–H and O–H groups in total. The smallest absolute Gasteiger partial charge is 0.392 e. The lowest BCUT2D eigenvalue weighted by Gasteiger charge is -2.26. The minimum absolute atomic E-state index is 0.127. The Morgan fingerprint density at radius 1 is 0.978 bits per heavy atom. The van der Waals surface area contributed by atoms with Gasteiger partial charge in [-0.05, 0) is 81.0 Å². The van der Waals surface area contributed by atoms with E-state index in [4.69, 9.17) is 4.74 Å². The van der Waals surface area contributed by atoms with Crippen LogP contribution in [0.2, 0.25) is 0 Å². The molecule has 238 valence electrons. The molecule has 1 aliphatic rings. The minimum Gasteiger partial charge on any atom is -0.494 e. The van der Waals surface area contributed by atoms with E-state index in [1.807, 2.05) is 6.07 Å². The van der Waals surface area contributed by atoms with Crippen LogP contribution < -0.4 is 5.32 Å². The molecule has 6 nitrogen and oxygen atoms in total. The summed E-state index contributed by atoms with van der Waals surface area (Å²) in [4.78, 5) is 26.3. The number of halogens is 4. The van der Waals surface area contributed by atoms with Crippen LogP contribution in [0.4, 0.5) is 23.2 Å². The molecule has 3 aromatic carbocycles. The van der Waals surface area contributed by atoms with Gasteiger partial charge in [-0.2, -0.15) is 13.2 Å². The van der Waals surface area contributed by atoms with E-state index < -0.39 is 40.8 Å². The van der Waals surface area contributed by atoms with E-state index in [1.54, 1.807) is 57.2 Å². The Morgan fingerprint density at radius 2 is 1.64 bits per heavy atom. The van der Waals surface area contributed by atoms with Gasteiger partial charge < -0.3 is 19.7 Å². The summed E-state index contributed by atoms with van der Waals surface area (Å²) in [6.07, 6.45) is -1.42. The number of esters is 1. The Kier molecular flexibility index (Phi) is 8.46. The number of fused-ring (bicyclic) bond motifs is 1. The van der Waals surface area contributed by atoms with Gasteiger partial charge in [0.25, 0.3) is 0 Å². The van der Waals surface area contributed by atoms with Crippen LogP contribution >= 0.6 is 0 Å². The lowest BCUT2D eigenvalue weighted by atomic mass is 9.85. The van der Waals surface area contributed by atoms with Gasteiger partial charge in [-0.1, -0.05) is 49.4 Å². The number of rotatable bonds is 9. The normalized spacial score (nSPS) is 15.8. The third-order valence-corrected chi connectivity index (χ3v) is 8.26. The van der Waals surface area contributed by atoms with Crippen LogP contribution in [0.1, 0.15) is 63.1 Å². The first kappa shape index (κ1) is 32.1. The highest BCUT2D eigenvalue weighted by Crippen LogP contribution is 2.50. The van der Waals surface area contributed by atoms with Gasteiger partial charge in [0.2, 0.25) is 5.91 Å². The van der Waals surface area contributed by atoms with Crippen molar-refractivity contribution in [3.05, 3.63) is 95.4 Å². The molecule has 0 saturated heterocycles. The molecule has 10 heteroatoms. The molecule has 1 aromatic heterocycles. The van der Waals surface area contributed by atoms with Gasteiger partial charge in [0.15, 0.2) is 5.88 Å². The first-order chi connectivity index (χ1) is 21.1. The van der Waals surface area contributed by atoms with Crippen molar-refractivity contribution in [1.29, 1.82) is 0 Å². The van der Waals surface area contributed by atoms with Crippen LogP contribution in [-0.2, 0) is 27.3 Å². The maximum absolute atomic E-state index is 14.2. The molecule has 0 spiro atoms. The maximum atomic E-state index is 14.2. The Balaban J connectivity index is 1.34. The number of hydrogen-bond donors (Lipinski definition) is 2. The van der Waals surface area contributed by atoms with Crippen LogP contribution in [0.5, 0.6) is 5.88 Å². The number of alkyl halides is 3. The number of carbonyl (C=O) groups is 2. The molecule has 0 unspecified atom stereocenters. The summed E-state index contributed by atoms with van der Waals surface area (Å²) in [6, 6.07) is 17.3. The number of carbonyl (C=O) groups excluding carboxylic acids is 2. The van der Waals surface area contributed by atoms with E-state index in [9.17, 15) is 32.3 Å². The second kappa shape index (κ2) is 11.9. The predicted molar refractivity (Wildman–Crippen MR) is 163 cm³/mol. The number of nitrogens with zero attached hydrogens (tertiary/aromatic N) is 1. The van der Waals surface area contributed by atoms with E-state index in [2.05, 4.69) is 5.32 Å². The summed E-state index contributed by atoms with van der Waals surface area (Å²) in [5.41, 5.74) is 0.650. The SMILES string of the molecule is C[C@H]([C@H](C(=O)Nc1cccc(CC2(C(=O)OC(C)(C)C)CC2)c1)c1ccc(Cn2cc3c(F)cccc3c2O)cc1)C(F)(F)F. The van der Waals surface area contributed by atoms with Crippen LogP contribution in [-0.4, -0.2) is 33.3 Å². The number of aromatic hydroxyl groups is 1. The molecular formula is C35H36F4N2O4. The lowest BCUT2D eigenvalue weighted by molar-refractivity contribution is -0.178. The number of hydrogen-bond acceptors (Lipinski definition) is 4. The van der Waals surface area contributed by atoms with Gasteiger partial charge in [-0.15, -0.1) is 0 Å². The third kappa shape index (κ3) is 7.16. The average molecular weight is 625 g/mol. The van der Waals surface area contributed by atoms with Crippen LogP contribution in [0.25, 0.3) is 10.8 Å². The summed E-state index contributed by atoms with van der Waals surface area (Å²) in [6.45, 7) is 6.54. The zero-order valence-electron chi connectivity index (χ0n) is 25.5. The molecular weight excluding hydrogens is 588 g/mol. The highest BCUT2D eigenvalue weighted by Gasteiger charge is 2.52. The Labute approximate surface area is 259 Å². The van der Waals surface area contributed by atoms with E-state index in [1.165, 1.54) is 35.0 Å². The predicted octanol–water partition coefficient (Wildman–Crippen LogP) is 8.12. The number of amides is 1. The monoisotopic (exact) mass is 624 g/mol. The van der Waals surface area contributed by atoms with Gasteiger partial charge in [-0.3, -0.25) is 9.59 Å². The van der Waals surface area contributed by atoms with Crippen molar-refractivity contribution in [3.63, 3.8) is 0 Å². The molecule has 1 heterocycles. The highest BCUT2D eigenvalue weighted by molar-refractivity contribution is 5.96. The maximum Gasteiger partial charge on any atom is 0.392 e. The largest absolute Gasteiger partial charge is 0.494 e. The van der Waals surface area contributed by atoms with Crippen LogP contribution in [0.15, 0.2) is 72.9 Å². The second-order valence-electron chi connectivity index (χ2n) is 13.0. The summed E-state index contributed by atoms with van der Waals surface area (Å²) >= 11 is 0. The first-order valence-corrected chi connectivity index (χ1v) is 14.8. The fourth-order valence-corrected chi connectivity index (χ4v) is 5.60. The molecule has 1 amide bonds. The number of nitrogens with one attached hydrogen (secondary N) is 1. The quantitative estimate of drug-likeness (QED) is 0.146. The zero-order chi connectivity index (χ0) is 32.7. The molecule has 0 radical (unpaired) electrons. The third-order valence-electron chi connectivity index (χ3n) is 8.26. The molecule has 1 saturated carbocycles. The van der Waals surface area contributed by atoms with Crippen molar-refractivity contribution in [2.45, 2.75) is 71.2 Å². The Morgan fingerprint density at radius 3 is 2.24 bits per heavy atom. The number of ether oxygens (including phenoxy) is 1. The zero-order valence-corrected chi connectivity index (χ0v) is 25.5. The van der Waals surface area contributed by atoms with E-state index in [0.717, 1.165) is 12.5 Å². The van der Waals surface area contributed by atoms with E-state index >= 15 is 0 Å². The summed E-state index contributed by atoms with van der Waals surface area (Å²) in [5, 5.41) is 13.8. The van der Waals surface area contributed by atoms with Gasteiger partial charge in [0.1, 0.15) is 11.4 Å². The fraction of sp³-hybridized carbons (Fsp3) is 0.371. The van der Waals surface area contributed by atoms with Crippen LogP contribution in [0.3, 0.4) is 0 Å². The molecule has 0 bridgehead atoms. The van der Waals surface area contributed by atoms with Gasteiger partial charge in [-0.25, -0.2) is 4.39 Å². The van der Waals surface area contributed by atoms with Crippen molar-refractivity contribution >= 4 is 28.3 Å². The van der Waals surface area contributed by atoms with E-state index in [0.29, 0.717) is 35.9 Å². The molecule has 2 atom stereocenters. The summed E-state index contributed by atoms with van der Waals surface area (Å²) < 4.78 is 63.2. The van der Waals surface area contributed by atoms with Gasteiger partial charge in [0.05, 0.1) is 23.8 Å². The molecule has 5 rings (SSSR count). The van der Waals surface area contributed by atoms with Gasteiger partial charge in [0, 0.05) is 22.7 Å². The summed E-state index contributed by atoms with van der Waals surface area (Å²) in [5.74, 6) is -5.24. The lowest BCUT2D eigenvalue weighted by Crippen LogP contribution is -2.34. The van der Waals surface area contributed by atoms with Crippen molar-refractivity contribution < 1.29 is 37.0 Å². The molecule has 45 heavy (non-hydrogen) atoms. The Bertz CT molecular complexity index is 1720. The van der Waals surface area contributed by atoms with Gasteiger partial charge >= 0.3 is 12.1 Å². The number of benzene rings is 3. The van der Waals surface area contributed by atoms with Crippen molar-refractivity contribution in [2.75, 3.05) is 5.32 Å². The minimum atomic E-state index is -4.64. The fourth-order valence-electron chi connectivity index (χ4n) is 5.60. The number of anilines is 1. The standard InChI is InChI=1S/C35H36F4N2O4/c1-21(35(37,38)39)29(24-13-11-22(12-14-24)19-41-20-27-26(31(41)43)9-6-10-28(27)36)30(42)40-25-8-5-7-23(17-25)18-34(15-16-34)32(44)45-33(2,3)4/h5-14,17,20-21,29,43H,15-16,18-19H2,1-4H3,(H,40,42)/t21-,29+/m1/s1. The van der Waals surface area contributed by atoms with E-state index in [-0.39, 0.29) is 29.3 Å². The Hall–Kier alpha value is -4.34. The average Bonchev–Trinajstić information content (AvgIpc) is 3.66. The molecule has 1 aliphatic carbocycles. The molecule has 0 aliphatic heterocycles. The topological polar surface area (TPSA) is 80.6 Å². The molecule has 1 fully saturated rings. The summed E-state index contributed by atoms with van der Waals surface area (Å²) in [7, 11) is 0. The number of aromatic nitrogens is 1. The molecule has 4 aromatic rings.